The van der Waals surface area contributed by atoms with E-state index in [4.69, 9.17) is 16.0 Å². The molecule has 0 N–H and O–H groups in total. The number of aryl methyl sites for hydroxylation is 1. The molecule has 0 bridgehead atoms. The summed E-state index contributed by atoms with van der Waals surface area (Å²) in [4.78, 5) is 0. The van der Waals surface area contributed by atoms with Crippen LogP contribution >= 0.6 is 27.5 Å². The lowest BCUT2D eigenvalue weighted by Gasteiger charge is -2.03. The molecule has 2 heterocycles. The molecule has 0 fully saturated rings. The van der Waals surface area contributed by atoms with Crippen LogP contribution < -0.4 is 0 Å². The van der Waals surface area contributed by atoms with Gasteiger partial charge in [-0.05, 0) is 33.6 Å². The Kier molecular flexibility index (Phi) is 3.11. The zero-order chi connectivity index (χ0) is 10.8. The fourth-order valence-electron chi connectivity index (χ4n) is 1.34. The van der Waals surface area contributed by atoms with Gasteiger partial charge in [0.15, 0.2) is 4.67 Å². The van der Waals surface area contributed by atoms with E-state index in [2.05, 4.69) is 26.1 Å². The molecule has 0 spiro atoms. The maximum absolute atomic E-state index is 5.93. The minimum absolute atomic E-state index is 0.407. The lowest BCUT2D eigenvalue weighted by molar-refractivity contribution is 0.537. The summed E-state index contributed by atoms with van der Waals surface area (Å²) in [5.74, 6) is 0.873. The summed E-state index contributed by atoms with van der Waals surface area (Å²) in [5.41, 5.74) is 1.03. The van der Waals surface area contributed by atoms with E-state index in [-0.39, 0.29) is 0 Å². The number of halogens is 2. The molecule has 2 aromatic heterocycles. The summed E-state index contributed by atoms with van der Waals surface area (Å²) in [6, 6.07) is 1.90. The van der Waals surface area contributed by atoms with Crippen LogP contribution in [0.4, 0.5) is 0 Å². The molecule has 0 amide bonds. The van der Waals surface area contributed by atoms with Crippen LogP contribution in [0.1, 0.15) is 18.3 Å². The molecule has 0 aliphatic rings. The molecule has 0 saturated carbocycles. The first kappa shape index (κ1) is 10.7. The van der Waals surface area contributed by atoms with Gasteiger partial charge >= 0.3 is 0 Å². The molecule has 0 radical (unpaired) electrons. The van der Waals surface area contributed by atoms with Gasteiger partial charge in [0, 0.05) is 12.0 Å². The van der Waals surface area contributed by atoms with Crippen molar-refractivity contribution in [1.82, 2.24) is 14.8 Å². The van der Waals surface area contributed by atoms with Crippen LogP contribution in [-0.4, -0.2) is 14.8 Å². The molecule has 80 valence electrons. The van der Waals surface area contributed by atoms with Crippen LogP contribution in [0.15, 0.2) is 21.4 Å². The smallest absolute Gasteiger partial charge is 0.225 e. The quantitative estimate of drug-likeness (QED) is 0.873. The molecule has 15 heavy (non-hydrogen) atoms. The topological polar surface area (TPSA) is 43.9 Å². The molecule has 2 aromatic rings. The van der Waals surface area contributed by atoms with E-state index in [1.54, 1.807) is 6.26 Å². The summed E-state index contributed by atoms with van der Waals surface area (Å²) in [5, 5.41) is 8.21. The van der Waals surface area contributed by atoms with E-state index in [0.717, 1.165) is 17.8 Å². The highest BCUT2D eigenvalue weighted by Crippen LogP contribution is 2.17. The molecule has 0 aliphatic carbocycles. The minimum Gasteiger partial charge on any atom is -0.457 e. The van der Waals surface area contributed by atoms with Crippen molar-refractivity contribution in [2.45, 2.75) is 19.9 Å². The molecule has 0 unspecified atom stereocenters. The number of rotatable bonds is 3. The van der Waals surface area contributed by atoms with Crippen molar-refractivity contribution in [3.05, 3.63) is 33.7 Å². The van der Waals surface area contributed by atoms with Gasteiger partial charge < -0.3 is 4.42 Å². The predicted octanol–water partition coefficient (Wildman–Crippen LogP) is 2.90. The third-order valence-corrected chi connectivity index (χ3v) is 2.76. The first-order chi connectivity index (χ1) is 7.20. The SMILES string of the molecule is CCc1nnc(Cl)n1Cc1coc(Br)c1. The molecule has 4 nitrogen and oxygen atoms in total. The maximum atomic E-state index is 5.93. The highest BCUT2D eigenvalue weighted by Gasteiger charge is 2.09. The van der Waals surface area contributed by atoms with Crippen LogP contribution in [0.5, 0.6) is 0 Å². The van der Waals surface area contributed by atoms with Gasteiger partial charge in [0.2, 0.25) is 5.28 Å². The lowest BCUT2D eigenvalue weighted by Crippen LogP contribution is -2.03. The Morgan fingerprint density at radius 1 is 1.53 bits per heavy atom. The van der Waals surface area contributed by atoms with E-state index < -0.39 is 0 Å². The van der Waals surface area contributed by atoms with Crippen LogP contribution in [-0.2, 0) is 13.0 Å². The largest absolute Gasteiger partial charge is 0.457 e. The minimum atomic E-state index is 0.407. The number of furan rings is 1. The average molecular weight is 291 g/mol. The van der Waals surface area contributed by atoms with Crippen molar-refractivity contribution in [3.63, 3.8) is 0 Å². The van der Waals surface area contributed by atoms with Crippen molar-refractivity contribution in [2.24, 2.45) is 0 Å². The van der Waals surface area contributed by atoms with Gasteiger partial charge in [-0.2, -0.15) is 0 Å². The van der Waals surface area contributed by atoms with E-state index in [9.17, 15) is 0 Å². The number of hydrogen-bond donors (Lipinski definition) is 0. The molecule has 0 aromatic carbocycles. The fourth-order valence-corrected chi connectivity index (χ4v) is 1.93. The Balaban J connectivity index is 2.26. The second kappa shape index (κ2) is 4.37. The zero-order valence-electron chi connectivity index (χ0n) is 8.07. The van der Waals surface area contributed by atoms with Gasteiger partial charge in [0.1, 0.15) is 5.82 Å². The molecule has 0 aliphatic heterocycles. The first-order valence-corrected chi connectivity index (χ1v) is 5.68. The monoisotopic (exact) mass is 289 g/mol. The van der Waals surface area contributed by atoms with Gasteiger partial charge in [0.05, 0.1) is 12.8 Å². The Morgan fingerprint density at radius 2 is 2.33 bits per heavy atom. The zero-order valence-corrected chi connectivity index (χ0v) is 10.4. The Morgan fingerprint density at radius 3 is 2.93 bits per heavy atom. The fraction of sp³-hybridized carbons (Fsp3) is 0.333. The Bertz CT molecular complexity index is 466. The van der Waals surface area contributed by atoms with Gasteiger partial charge in [-0.3, -0.25) is 4.57 Å². The molecular formula is C9H9BrClN3O. The predicted molar refractivity (Wildman–Crippen MR) is 59.9 cm³/mol. The van der Waals surface area contributed by atoms with E-state index in [0.29, 0.717) is 16.5 Å². The average Bonchev–Trinajstić information content (AvgIpc) is 2.76. The number of aromatic nitrogens is 3. The highest BCUT2D eigenvalue weighted by molar-refractivity contribution is 9.10. The van der Waals surface area contributed by atoms with E-state index in [1.165, 1.54) is 0 Å². The van der Waals surface area contributed by atoms with Gasteiger partial charge in [-0.25, -0.2) is 0 Å². The van der Waals surface area contributed by atoms with Gasteiger partial charge in [-0.15, -0.1) is 10.2 Å². The van der Waals surface area contributed by atoms with Crippen molar-refractivity contribution in [1.29, 1.82) is 0 Å². The van der Waals surface area contributed by atoms with E-state index in [1.807, 2.05) is 17.6 Å². The molecule has 6 heteroatoms. The Hall–Kier alpha value is -0.810. The van der Waals surface area contributed by atoms with Gasteiger partial charge in [-0.1, -0.05) is 6.92 Å². The molecule has 0 atom stereocenters. The van der Waals surface area contributed by atoms with Crippen LogP contribution in [0.3, 0.4) is 0 Å². The van der Waals surface area contributed by atoms with Crippen molar-refractivity contribution in [3.8, 4) is 0 Å². The van der Waals surface area contributed by atoms with Crippen LogP contribution in [0, 0.1) is 0 Å². The second-order valence-electron chi connectivity index (χ2n) is 3.08. The Labute approximate surface area is 100 Å². The summed E-state index contributed by atoms with van der Waals surface area (Å²) < 4.78 is 7.71. The second-order valence-corrected chi connectivity index (χ2v) is 4.20. The van der Waals surface area contributed by atoms with E-state index >= 15 is 0 Å². The summed E-state index contributed by atoms with van der Waals surface area (Å²) >= 11 is 9.18. The third-order valence-electron chi connectivity index (χ3n) is 2.06. The van der Waals surface area contributed by atoms with Crippen LogP contribution in [0.2, 0.25) is 5.28 Å². The van der Waals surface area contributed by atoms with Crippen LogP contribution in [0.25, 0.3) is 0 Å². The standard InChI is InChI=1S/C9H9BrClN3O/c1-2-8-12-13-9(11)14(8)4-6-3-7(10)15-5-6/h3,5H,2,4H2,1H3. The molecular weight excluding hydrogens is 281 g/mol. The summed E-state index contributed by atoms with van der Waals surface area (Å²) in [6.07, 6.45) is 2.48. The lowest BCUT2D eigenvalue weighted by atomic mass is 10.3. The maximum Gasteiger partial charge on any atom is 0.225 e. The number of nitrogens with zero attached hydrogens (tertiary/aromatic N) is 3. The first-order valence-electron chi connectivity index (χ1n) is 4.51. The number of hydrogen-bond acceptors (Lipinski definition) is 3. The molecule has 0 saturated heterocycles. The van der Waals surface area contributed by atoms with Gasteiger partial charge in [0.25, 0.3) is 0 Å². The van der Waals surface area contributed by atoms with Crippen molar-refractivity contribution >= 4 is 27.5 Å². The summed E-state index contributed by atoms with van der Waals surface area (Å²) in [6.45, 7) is 2.65. The highest BCUT2D eigenvalue weighted by atomic mass is 79.9. The van der Waals surface area contributed by atoms with Crippen molar-refractivity contribution < 1.29 is 4.42 Å². The molecule has 2 rings (SSSR count). The third kappa shape index (κ3) is 2.23. The summed E-state index contributed by atoms with van der Waals surface area (Å²) in [7, 11) is 0. The normalized spacial score (nSPS) is 10.9. The van der Waals surface area contributed by atoms with Crippen molar-refractivity contribution in [2.75, 3.05) is 0 Å².